The van der Waals surface area contributed by atoms with E-state index in [4.69, 9.17) is 4.74 Å². The van der Waals surface area contributed by atoms with Gasteiger partial charge in [0.05, 0.1) is 12.3 Å². The second-order valence-electron chi connectivity index (χ2n) is 3.75. The first-order valence-corrected chi connectivity index (χ1v) is 5.62. The normalized spacial score (nSPS) is 10.4. The molecule has 0 fully saturated rings. The summed E-state index contributed by atoms with van der Waals surface area (Å²) in [6.07, 6.45) is 0. The zero-order valence-corrected chi connectivity index (χ0v) is 10.2. The third-order valence-corrected chi connectivity index (χ3v) is 2.40. The smallest absolute Gasteiger partial charge is 0.357 e. The van der Waals surface area contributed by atoms with Gasteiger partial charge in [-0.2, -0.15) is 5.10 Å². The van der Waals surface area contributed by atoms with Crippen molar-refractivity contribution < 1.29 is 13.9 Å². The van der Waals surface area contributed by atoms with Crippen LogP contribution in [-0.4, -0.2) is 22.4 Å². The van der Waals surface area contributed by atoms with Gasteiger partial charge in [-0.25, -0.2) is 13.9 Å². The molecule has 0 bridgehead atoms. The van der Waals surface area contributed by atoms with E-state index < -0.39 is 11.8 Å². The number of carbonyl (C=O) groups is 1. The first-order valence-electron chi connectivity index (χ1n) is 5.62. The highest BCUT2D eigenvalue weighted by molar-refractivity contribution is 5.88. The minimum atomic E-state index is -0.513. The van der Waals surface area contributed by atoms with Gasteiger partial charge in [0.1, 0.15) is 11.5 Å². The Labute approximate surface area is 104 Å². The van der Waals surface area contributed by atoms with Gasteiger partial charge in [-0.3, -0.25) is 0 Å². The maximum absolute atomic E-state index is 13.7. The minimum absolute atomic E-state index is 0.222. The molecule has 0 amide bonds. The molecule has 0 saturated heterocycles. The summed E-state index contributed by atoms with van der Waals surface area (Å²) in [4.78, 5) is 11.8. The Morgan fingerprint density at radius 2 is 2.17 bits per heavy atom. The molecule has 2 aromatic rings. The van der Waals surface area contributed by atoms with Crippen LogP contribution in [-0.2, 0) is 4.74 Å². The van der Waals surface area contributed by atoms with Crippen LogP contribution >= 0.6 is 0 Å². The Balaban J connectivity index is 2.51. The molecule has 0 atom stereocenters. The fourth-order valence-electron chi connectivity index (χ4n) is 1.66. The van der Waals surface area contributed by atoms with Gasteiger partial charge < -0.3 is 4.74 Å². The molecule has 94 valence electrons. The molecule has 0 aliphatic carbocycles. The van der Waals surface area contributed by atoms with Gasteiger partial charge in [0.25, 0.3) is 0 Å². The lowest BCUT2D eigenvalue weighted by Crippen LogP contribution is -2.12. The van der Waals surface area contributed by atoms with Crippen LogP contribution in [0.2, 0.25) is 0 Å². The quantitative estimate of drug-likeness (QED) is 0.784. The van der Waals surface area contributed by atoms with Crippen molar-refractivity contribution in [2.75, 3.05) is 6.61 Å². The summed E-state index contributed by atoms with van der Waals surface area (Å²) in [6, 6.07) is 7.72. The average Bonchev–Trinajstić information content (AvgIpc) is 2.72. The molecule has 5 heteroatoms. The first kappa shape index (κ1) is 12.3. The van der Waals surface area contributed by atoms with Crippen LogP contribution in [0.25, 0.3) is 5.69 Å². The van der Waals surface area contributed by atoms with Crippen molar-refractivity contribution >= 4 is 5.97 Å². The van der Waals surface area contributed by atoms with E-state index in [0.29, 0.717) is 5.69 Å². The van der Waals surface area contributed by atoms with Crippen LogP contribution in [0.15, 0.2) is 30.3 Å². The lowest BCUT2D eigenvalue weighted by atomic mass is 10.3. The molecule has 4 nitrogen and oxygen atoms in total. The third kappa shape index (κ3) is 2.25. The molecule has 0 aliphatic rings. The van der Waals surface area contributed by atoms with E-state index in [9.17, 15) is 9.18 Å². The van der Waals surface area contributed by atoms with Crippen molar-refractivity contribution in [3.63, 3.8) is 0 Å². The third-order valence-electron chi connectivity index (χ3n) is 2.40. The Morgan fingerprint density at radius 3 is 2.83 bits per heavy atom. The summed E-state index contributed by atoms with van der Waals surface area (Å²) in [5.41, 5.74) is 1.08. The van der Waals surface area contributed by atoms with Crippen molar-refractivity contribution in [1.29, 1.82) is 0 Å². The summed E-state index contributed by atoms with van der Waals surface area (Å²) in [5.74, 6) is -0.951. The Kier molecular flexibility index (Phi) is 3.41. The molecule has 2 rings (SSSR count). The summed E-state index contributed by atoms with van der Waals surface area (Å²) in [5, 5.41) is 4.12. The van der Waals surface area contributed by atoms with Gasteiger partial charge in [0.15, 0.2) is 5.69 Å². The van der Waals surface area contributed by atoms with Crippen molar-refractivity contribution in [1.82, 2.24) is 9.78 Å². The van der Waals surface area contributed by atoms with Gasteiger partial charge in [0, 0.05) is 0 Å². The van der Waals surface area contributed by atoms with Crippen LogP contribution in [0.5, 0.6) is 0 Å². The van der Waals surface area contributed by atoms with Crippen LogP contribution in [0.4, 0.5) is 4.39 Å². The van der Waals surface area contributed by atoms with Crippen LogP contribution < -0.4 is 0 Å². The predicted octanol–water partition coefficient (Wildman–Crippen LogP) is 2.50. The standard InChI is InChI=1S/C13H13FN2O2/c1-3-18-13(17)12-8-9(2)15-16(12)11-7-5-4-6-10(11)14/h4-8H,3H2,1-2H3. The number of halogens is 1. The topological polar surface area (TPSA) is 44.1 Å². The number of ether oxygens (including phenoxy) is 1. The predicted molar refractivity (Wildman–Crippen MR) is 64.2 cm³/mol. The highest BCUT2D eigenvalue weighted by Crippen LogP contribution is 2.16. The van der Waals surface area contributed by atoms with E-state index in [2.05, 4.69) is 5.10 Å². The largest absolute Gasteiger partial charge is 0.461 e. The van der Waals surface area contributed by atoms with Crippen LogP contribution in [0.1, 0.15) is 23.1 Å². The molecule has 0 aliphatic heterocycles. The van der Waals surface area contributed by atoms with Gasteiger partial charge >= 0.3 is 5.97 Å². The fourth-order valence-corrected chi connectivity index (χ4v) is 1.66. The van der Waals surface area contributed by atoms with Gasteiger partial charge in [0.2, 0.25) is 0 Å². The summed E-state index contributed by atoms with van der Waals surface area (Å²) in [6.45, 7) is 3.72. The Bertz CT molecular complexity index is 578. The number of carbonyl (C=O) groups excluding carboxylic acids is 1. The van der Waals surface area contributed by atoms with Crippen molar-refractivity contribution in [2.45, 2.75) is 13.8 Å². The number of benzene rings is 1. The zero-order valence-electron chi connectivity index (χ0n) is 10.2. The summed E-state index contributed by atoms with van der Waals surface area (Å²) in [7, 11) is 0. The average molecular weight is 248 g/mol. The van der Waals surface area contributed by atoms with E-state index in [1.807, 2.05) is 0 Å². The monoisotopic (exact) mass is 248 g/mol. The van der Waals surface area contributed by atoms with E-state index >= 15 is 0 Å². The van der Waals surface area contributed by atoms with E-state index in [0.717, 1.165) is 0 Å². The number of hydrogen-bond donors (Lipinski definition) is 0. The number of nitrogens with zero attached hydrogens (tertiary/aromatic N) is 2. The number of aromatic nitrogens is 2. The summed E-state index contributed by atoms with van der Waals surface area (Å²) >= 11 is 0. The van der Waals surface area contributed by atoms with Crippen molar-refractivity contribution in [2.24, 2.45) is 0 Å². The van der Waals surface area contributed by atoms with Crippen LogP contribution in [0.3, 0.4) is 0 Å². The second kappa shape index (κ2) is 5.00. The molecule has 1 aromatic carbocycles. The number of hydrogen-bond acceptors (Lipinski definition) is 3. The minimum Gasteiger partial charge on any atom is -0.461 e. The molecule has 1 aromatic heterocycles. The molecular weight excluding hydrogens is 235 g/mol. The van der Waals surface area contributed by atoms with E-state index in [1.165, 1.54) is 10.7 Å². The first-order chi connectivity index (χ1) is 8.63. The molecular formula is C13H13FN2O2. The molecule has 0 saturated carbocycles. The number of para-hydroxylation sites is 1. The van der Waals surface area contributed by atoms with Gasteiger partial charge in [-0.15, -0.1) is 0 Å². The zero-order chi connectivity index (χ0) is 13.1. The molecule has 0 radical (unpaired) electrons. The maximum Gasteiger partial charge on any atom is 0.357 e. The lowest BCUT2D eigenvalue weighted by Gasteiger charge is -2.07. The molecule has 1 heterocycles. The highest BCUT2D eigenvalue weighted by Gasteiger charge is 2.18. The number of esters is 1. The van der Waals surface area contributed by atoms with Crippen molar-refractivity contribution in [3.8, 4) is 5.69 Å². The molecule has 0 unspecified atom stereocenters. The van der Waals surface area contributed by atoms with Crippen LogP contribution in [0, 0.1) is 12.7 Å². The Morgan fingerprint density at radius 1 is 1.44 bits per heavy atom. The Hall–Kier alpha value is -2.17. The van der Waals surface area contributed by atoms with E-state index in [-0.39, 0.29) is 18.0 Å². The SMILES string of the molecule is CCOC(=O)c1cc(C)nn1-c1ccccc1F. The fraction of sp³-hybridized carbons (Fsp3) is 0.231. The highest BCUT2D eigenvalue weighted by atomic mass is 19.1. The van der Waals surface area contributed by atoms with Gasteiger partial charge in [-0.05, 0) is 32.0 Å². The maximum atomic E-state index is 13.7. The molecule has 18 heavy (non-hydrogen) atoms. The van der Waals surface area contributed by atoms with Gasteiger partial charge in [-0.1, -0.05) is 12.1 Å². The van der Waals surface area contributed by atoms with E-state index in [1.54, 1.807) is 38.1 Å². The van der Waals surface area contributed by atoms with Crippen molar-refractivity contribution in [3.05, 3.63) is 47.5 Å². The second-order valence-corrected chi connectivity index (χ2v) is 3.75. The molecule has 0 N–H and O–H groups in total. The lowest BCUT2D eigenvalue weighted by molar-refractivity contribution is 0.0515. The number of aryl methyl sites for hydroxylation is 1. The summed E-state index contributed by atoms with van der Waals surface area (Å²) < 4.78 is 19.9. The molecule has 0 spiro atoms. The number of rotatable bonds is 3.